The minimum absolute atomic E-state index is 0.340. The maximum atomic E-state index is 13.1. The van der Waals surface area contributed by atoms with E-state index in [-0.39, 0.29) is 5.75 Å². The molecular formula is C12H12F6N2O2. The lowest BCUT2D eigenvalue weighted by atomic mass is 10.1. The van der Waals surface area contributed by atoms with Gasteiger partial charge in [0.15, 0.2) is 0 Å². The van der Waals surface area contributed by atoms with E-state index in [4.69, 9.17) is 5.11 Å². The molecule has 0 aliphatic heterocycles. The molecule has 0 bridgehead atoms. The lowest BCUT2D eigenvalue weighted by molar-refractivity contribution is -0.295. The zero-order chi connectivity index (χ0) is 17.2. The van der Waals surface area contributed by atoms with Gasteiger partial charge in [0, 0.05) is 12.1 Å². The van der Waals surface area contributed by atoms with Crippen molar-refractivity contribution in [3.63, 3.8) is 0 Å². The van der Waals surface area contributed by atoms with E-state index in [1.54, 1.807) is 0 Å². The number of hydrogen-bond acceptors (Lipinski definition) is 3. The number of rotatable bonds is 4. The number of carbonyl (C=O) groups is 1. The summed E-state index contributed by atoms with van der Waals surface area (Å²) in [6.45, 7) is 1.12. The average molecular weight is 330 g/mol. The van der Waals surface area contributed by atoms with Gasteiger partial charge in [-0.05, 0) is 24.3 Å². The zero-order valence-corrected chi connectivity index (χ0v) is 11.1. The molecule has 0 saturated heterocycles. The fourth-order valence-corrected chi connectivity index (χ4v) is 1.53. The first kappa shape index (κ1) is 17.9. The van der Waals surface area contributed by atoms with Crippen molar-refractivity contribution in [1.29, 1.82) is 0 Å². The summed E-state index contributed by atoms with van der Waals surface area (Å²) < 4.78 is 78.5. The second-order valence-corrected chi connectivity index (χ2v) is 4.32. The first-order valence-electron chi connectivity index (χ1n) is 5.94. The molecule has 3 N–H and O–H groups in total. The molecule has 1 rings (SSSR count). The summed E-state index contributed by atoms with van der Waals surface area (Å²) in [5, 5.41) is 11.2. The number of alkyl halides is 6. The number of benzene rings is 1. The number of nitrogens with one attached hydrogen (secondary N) is 2. The molecule has 0 fully saturated rings. The first-order chi connectivity index (χ1) is 9.93. The number of anilines is 1. The predicted octanol–water partition coefficient (Wildman–Crippen LogP) is 3.15. The van der Waals surface area contributed by atoms with Gasteiger partial charge in [0.2, 0.25) is 5.91 Å². The van der Waals surface area contributed by atoms with Crippen molar-refractivity contribution in [2.45, 2.75) is 31.4 Å². The molecule has 0 aromatic heterocycles. The van der Waals surface area contributed by atoms with Crippen LogP contribution >= 0.6 is 0 Å². The molecule has 1 aromatic rings. The van der Waals surface area contributed by atoms with Gasteiger partial charge in [-0.2, -0.15) is 26.3 Å². The van der Waals surface area contributed by atoms with Crippen molar-refractivity contribution < 1.29 is 36.2 Å². The third kappa shape index (κ3) is 3.55. The number of phenolic OH excluding ortho intramolecular Hbond substituents is 1. The Labute approximate surface area is 121 Å². The number of carbonyl (C=O) groups excluding carboxylic acids is 1. The topological polar surface area (TPSA) is 61.4 Å². The number of aromatic hydroxyl groups is 1. The fourth-order valence-electron chi connectivity index (χ4n) is 1.53. The van der Waals surface area contributed by atoms with Crippen LogP contribution in [0.4, 0.5) is 32.0 Å². The van der Waals surface area contributed by atoms with Gasteiger partial charge in [-0.1, -0.05) is 6.92 Å². The van der Waals surface area contributed by atoms with Gasteiger partial charge in [-0.15, -0.1) is 0 Å². The summed E-state index contributed by atoms with van der Waals surface area (Å²) in [6.07, 6.45) is -12.3. The minimum Gasteiger partial charge on any atom is -0.508 e. The molecule has 0 saturated carbocycles. The van der Waals surface area contributed by atoms with Crippen molar-refractivity contribution in [2.75, 3.05) is 5.32 Å². The summed E-state index contributed by atoms with van der Waals surface area (Å²) in [5.74, 6) is -1.77. The van der Waals surface area contributed by atoms with Crippen molar-refractivity contribution in [3.05, 3.63) is 24.3 Å². The van der Waals surface area contributed by atoms with Crippen LogP contribution in [0.15, 0.2) is 24.3 Å². The largest absolute Gasteiger partial charge is 0.508 e. The third-order valence-electron chi connectivity index (χ3n) is 2.70. The monoisotopic (exact) mass is 330 g/mol. The van der Waals surface area contributed by atoms with Crippen LogP contribution in [0.1, 0.15) is 13.3 Å². The number of amides is 1. The molecule has 0 unspecified atom stereocenters. The van der Waals surface area contributed by atoms with Crippen molar-refractivity contribution in [2.24, 2.45) is 0 Å². The highest BCUT2D eigenvalue weighted by Crippen LogP contribution is 2.43. The molecule has 4 nitrogen and oxygen atoms in total. The Balaban J connectivity index is 3.35. The second kappa shape index (κ2) is 5.93. The molecule has 124 valence electrons. The number of hydrogen-bond donors (Lipinski definition) is 3. The highest BCUT2D eigenvalue weighted by atomic mass is 19.4. The van der Waals surface area contributed by atoms with Crippen LogP contribution in [0.5, 0.6) is 5.75 Å². The summed E-state index contributed by atoms with van der Waals surface area (Å²) in [7, 11) is 0. The van der Waals surface area contributed by atoms with Gasteiger partial charge in [-0.3, -0.25) is 4.79 Å². The minimum atomic E-state index is -5.85. The molecular weight excluding hydrogens is 318 g/mol. The van der Waals surface area contributed by atoms with Gasteiger partial charge in [0.05, 0.1) is 0 Å². The predicted molar refractivity (Wildman–Crippen MR) is 65.0 cm³/mol. The Kier molecular flexibility index (Phi) is 4.83. The van der Waals surface area contributed by atoms with E-state index < -0.39 is 36.0 Å². The quantitative estimate of drug-likeness (QED) is 0.451. The molecule has 0 aliphatic rings. The SMILES string of the molecule is CCC(=O)NC(Nc1ccc(O)cc1)(C(F)(F)F)C(F)(F)F. The van der Waals surface area contributed by atoms with Gasteiger partial charge >= 0.3 is 18.0 Å². The van der Waals surface area contributed by atoms with Gasteiger partial charge in [0.25, 0.3) is 0 Å². The molecule has 0 radical (unpaired) electrons. The van der Waals surface area contributed by atoms with Crippen molar-refractivity contribution >= 4 is 11.6 Å². The van der Waals surface area contributed by atoms with Gasteiger partial charge < -0.3 is 15.7 Å². The van der Waals surface area contributed by atoms with Crippen molar-refractivity contribution in [3.8, 4) is 5.75 Å². The Hall–Kier alpha value is -2.13. The zero-order valence-electron chi connectivity index (χ0n) is 11.1. The maximum Gasteiger partial charge on any atom is 0.439 e. The molecule has 0 aliphatic carbocycles. The van der Waals surface area contributed by atoms with E-state index >= 15 is 0 Å². The van der Waals surface area contributed by atoms with Crippen LogP contribution in [0, 0.1) is 0 Å². The Morgan fingerprint density at radius 2 is 1.50 bits per heavy atom. The summed E-state index contributed by atoms with van der Waals surface area (Å²) >= 11 is 0. The molecule has 22 heavy (non-hydrogen) atoms. The number of phenols is 1. The maximum absolute atomic E-state index is 13.1. The normalized spacial score (nSPS) is 12.9. The van der Waals surface area contributed by atoms with E-state index in [1.807, 2.05) is 0 Å². The standard InChI is InChI=1S/C12H12F6N2O2/c1-2-9(22)20-10(11(13,14)15,12(16,17)18)19-7-3-5-8(21)6-4-7/h3-6,19,21H,2H2,1H3,(H,20,22). The van der Waals surface area contributed by atoms with Crippen LogP contribution in [-0.2, 0) is 4.79 Å². The summed E-state index contributed by atoms with van der Waals surface area (Å²) in [4.78, 5) is 11.2. The average Bonchev–Trinajstić information content (AvgIpc) is 2.37. The Morgan fingerprint density at radius 3 is 1.86 bits per heavy atom. The highest BCUT2D eigenvalue weighted by Gasteiger charge is 2.72. The van der Waals surface area contributed by atoms with Gasteiger partial charge in [-0.25, -0.2) is 0 Å². The van der Waals surface area contributed by atoms with E-state index in [2.05, 4.69) is 0 Å². The second-order valence-electron chi connectivity index (χ2n) is 4.32. The molecule has 0 spiro atoms. The summed E-state index contributed by atoms with van der Waals surface area (Å²) in [6, 6.07) is 3.45. The van der Waals surface area contributed by atoms with E-state index in [1.165, 1.54) is 5.32 Å². The summed E-state index contributed by atoms with van der Waals surface area (Å²) in [5.41, 5.74) is -5.21. The highest BCUT2D eigenvalue weighted by molar-refractivity contribution is 5.77. The van der Waals surface area contributed by atoms with Crippen LogP contribution in [0.3, 0.4) is 0 Å². The molecule has 10 heteroatoms. The smallest absolute Gasteiger partial charge is 0.439 e. The Morgan fingerprint density at radius 1 is 1.05 bits per heavy atom. The van der Waals surface area contributed by atoms with E-state index in [0.29, 0.717) is 0 Å². The van der Waals surface area contributed by atoms with Crippen LogP contribution in [0.25, 0.3) is 0 Å². The fraction of sp³-hybridized carbons (Fsp3) is 0.417. The van der Waals surface area contributed by atoms with Gasteiger partial charge in [0.1, 0.15) is 5.75 Å². The third-order valence-corrected chi connectivity index (χ3v) is 2.70. The van der Waals surface area contributed by atoms with Crippen molar-refractivity contribution in [1.82, 2.24) is 5.32 Å². The lowest BCUT2D eigenvalue weighted by Crippen LogP contribution is -2.72. The van der Waals surface area contributed by atoms with Crippen LogP contribution in [0.2, 0.25) is 0 Å². The molecule has 0 atom stereocenters. The van der Waals surface area contributed by atoms with Crippen LogP contribution in [-0.4, -0.2) is 29.0 Å². The first-order valence-corrected chi connectivity index (χ1v) is 5.94. The van der Waals surface area contributed by atoms with E-state index in [9.17, 15) is 31.1 Å². The molecule has 1 amide bonds. The lowest BCUT2D eigenvalue weighted by Gasteiger charge is -2.38. The van der Waals surface area contributed by atoms with Crippen LogP contribution < -0.4 is 10.6 Å². The Bertz CT molecular complexity index is 510. The number of halogens is 6. The molecule has 1 aromatic carbocycles. The molecule has 0 heterocycles. The van der Waals surface area contributed by atoms with E-state index in [0.717, 1.165) is 36.5 Å².